The van der Waals surface area contributed by atoms with E-state index in [1.165, 1.54) is 25.7 Å². The number of rotatable bonds is 1. The van der Waals surface area contributed by atoms with Gasteiger partial charge in [0.05, 0.1) is 0 Å². The monoisotopic (exact) mass is 169 g/mol. The van der Waals surface area contributed by atoms with E-state index in [0.29, 0.717) is 5.41 Å². The van der Waals surface area contributed by atoms with Gasteiger partial charge in [0.25, 0.3) is 0 Å². The Morgan fingerprint density at radius 3 is 2.08 bits per heavy atom. The fraction of sp³-hybridized carbons (Fsp3) is 1.00. The van der Waals surface area contributed by atoms with E-state index >= 15 is 0 Å². The minimum Gasteiger partial charge on any atom is -0.317 e. The zero-order valence-corrected chi connectivity index (χ0v) is 8.98. The van der Waals surface area contributed by atoms with Crippen molar-refractivity contribution in [1.29, 1.82) is 0 Å². The van der Waals surface area contributed by atoms with Crippen molar-refractivity contribution in [2.45, 2.75) is 52.5 Å². The molecule has 72 valence electrons. The molecular formula is C11H23N. The molecule has 0 aliphatic heterocycles. The number of hydrogen-bond donors (Lipinski definition) is 1. The van der Waals surface area contributed by atoms with Crippen molar-refractivity contribution >= 4 is 0 Å². The topological polar surface area (TPSA) is 12.0 Å². The first-order valence-electron chi connectivity index (χ1n) is 5.23. The summed E-state index contributed by atoms with van der Waals surface area (Å²) in [7, 11) is 2.11. The van der Waals surface area contributed by atoms with Crippen molar-refractivity contribution in [1.82, 2.24) is 5.32 Å². The Balaban J connectivity index is 2.59. The fourth-order valence-electron chi connectivity index (χ4n) is 2.51. The van der Waals surface area contributed by atoms with Gasteiger partial charge in [-0.25, -0.2) is 0 Å². The summed E-state index contributed by atoms with van der Waals surface area (Å²) >= 11 is 0. The van der Waals surface area contributed by atoms with Crippen molar-refractivity contribution in [3.05, 3.63) is 0 Å². The maximum atomic E-state index is 3.46. The molecule has 1 heteroatoms. The summed E-state index contributed by atoms with van der Waals surface area (Å²) in [5.74, 6) is 0.872. The first-order valence-corrected chi connectivity index (χ1v) is 5.23. The molecule has 1 aliphatic rings. The van der Waals surface area contributed by atoms with Crippen LogP contribution in [0.25, 0.3) is 0 Å². The van der Waals surface area contributed by atoms with E-state index in [4.69, 9.17) is 0 Å². The van der Waals surface area contributed by atoms with Gasteiger partial charge in [0, 0.05) is 6.04 Å². The lowest BCUT2D eigenvalue weighted by Gasteiger charge is -2.40. The Bertz CT molecular complexity index is 134. The normalized spacial score (nSPS) is 32.0. The smallest absolute Gasteiger partial charge is 0.00973 e. The summed E-state index contributed by atoms with van der Waals surface area (Å²) in [6.07, 6.45) is 5.63. The van der Waals surface area contributed by atoms with Crippen molar-refractivity contribution < 1.29 is 0 Å². The predicted octanol–water partition coefficient (Wildman–Crippen LogP) is 2.81. The highest BCUT2D eigenvalue weighted by Gasteiger charge is 2.32. The Labute approximate surface area is 76.9 Å². The van der Waals surface area contributed by atoms with E-state index in [2.05, 4.69) is 33.1 Å². The Morgan fingerprint density at radius 1 is 1.08 bits per heavy atom. The molecule has 1 saturated carbocycles. The molecule has 0 unspecified atom stereocenters. The molecule has 0 amide bonds. The van der Waals surface area contributed by atoms with Crippen molar-refractivity contribution in [3.63, 3.8) is 0 Å². The van der Waals surface area contributed by atoms with Crippen LogP contribution in [0.2, 0.25) is 0 Å². The predicted molar refractivity (Wildman–Crippen MR) is 54.3 cm³/mol. The summed E-state index contributed by atoms with van der Waals surface area (Å²) in [6.45, 7) is 7.11. The third kappa shape index (κ3) is 2.22. The van der Waals surface area contributed by atoms with Crippen LogP contribution in [0.3, 0.4) is 0 Å². The van der Waals surface area contributed by atoms with Crippen LogP contribution in [0.15, 0.2) is 0 Å². The van der Waals surface area contributed by atoms with Crippen molar-refractivity contribution in [2.24, 2.45) is 11.3 Å². The quantitative estimate of drug-likeness (QED) is 0.636. The standard InChI is InChI=1S/C11H23N/c1-11(2,3)9-7-5-6-8-10(9)12-4/h9-10,12H,5-8H2,1-4H3/t9-,10-/m0/s1. The summed E-state index contributed by atoms with van der Waals surface area (Å²) in [5.41, 5.74) is 0.480. The van der Waals surface area contributed by atoms with Crippen LogP contribution in [0.1, 0.15) is 46.5 Å². The number of hydrogen-bond acceptors (Lipinski definition) is 1. The molecule has 0 heterocycles. The Morgan fingerprint density at radius 2 is 1.67 bits per heavy atom. The molecule has 1 rings (SSSR count). The molecule has 1 nitrogen and oxygen atoms in total. The summed E-state index contributed by atoms with van der Waals surface area (Å²) in [4.78, 5) is 0. The molecular weight excluding hydrogens is 146 g/mol. The Hall–Kier alpha value is -0.0400. The van der Waals surface area contributed by atoms with Gasteiger partial charge in [-0.15, -0.1) is 0 Å². The molecule has 0 aromatic rings. The zero-order valence-electron chi connectivity index (χ0n) is 8.98. The fourth-order valence-corrected chi connectivity index (χ4v) is 2.51. The molecule has 0 aromatic carbocycles. The Kier molecular flexibility index (Phi) is 3.16. The van der Waals surface area contributed by atoms with E-state index in [-0.39, 0.29) is 0 Å². The van der Waals surface area contributed by atoms with E-state index in [9.17, 15) is 0 Å². The molecule has 0 radical (unpaired) electrons. The average Bonchev–Trinajstić information content (AvgIpc) is 2.03. The summed E-state index contributed by atoms with van der Waals surface area (Å²) in [5, 5.41) is 3.46. The van der Waals surface area contributed by atoms with Gasteiger partial charge in [0.15, 0.2) is 0 Å². The highest BCUT2D eigenvalue weighted by atomic mass is 14.9. The van der Waals surface area contributed by atoms with Crippen LogP contribution in [-0.4, -0.2) is 13.1 Å². The van der Waals surface area contributed by atoms with Gasteiger partial charge in [0.1, 0.15) is 0 Å². The second-order valence-electron chi connectivity index (χ2n) is 5.15. The van der Waals surface area contributed by atoms with Gasteiger partial charge < -0.3 is 5.32 Å². The zero-order chi connectivity index (χ0) is 9.19. The minimum absolute atomic E-state index is 0.480. The molecule has 1 aliphatic carbocycles. The molecule has 12 heavy (non-hydrogen) atoms. The summed E-state index contributed by atoms with van der Waals surface area (Å²) < 4.78 is 0. The van der Waals surface area contributed by atoms with Crippen LogP contribution < -0.4 is 5.32 Å². The lowest BCUT2D eigenvalue weighted by Crippen LogP contribution is -2.42. The minimum atomic E-state index is 0.480. The van der Waals surface area contributed by atoms with Crippen LogP contribution in [0.5, 0.6) is 0 Å². The van der Waals surface area contributed by atoms with E-state index < -0.39 is 0 Å². The van der Waals surface area contributed by atoms with Gasteiger partial charge in [-0.2, -0.15) is 0 Å². The van der Waals surface area contributed by atoms with Crippen LogP contribution in [0.4, 0.5) is 0 Å². The first kappa shape index (κ1) is 10.0. The third-order valence-electron chi connectivity index (χ3n) is 3.25. The molecule has 1 fully saturated rings. The largest absolute Gasteiger partial charge is 0.317 e. The van der Waals surface area contributed by atoms with Crippen LogP contribution >= 0.6 is 0 Å². The number of nitrogens with one attached hydrogen (secondary N) is 1. The SMILES string of the molecule is CN[C@H]1CCCC[C@@H]1C(C)(C)C. The molecule has 0 aromatic heterocycles. The highest BCUT2D eigenvalue weighted by molar-refractivity contribution is 4.87. The van der Waals surface area contributed by atoms with Crippen LogP contribution in [-0.2, 0) is 0 Å². The third-order valence-corrected chi connectivity index (χ3v) is 3.25. The van der Waals surface area contributed by atoms with Gasteiger partial charge in [-0.3, -0.25) is 0 Å². The maximum absolute atomic E-state index is 3.46. The maximum Gasteiger partial charge on any atom is 0.00973 e. The van der Waals surface area contributed by atoms with Gasteiger partial charge in [0.2, 0.25) is 0 Å². The molecule has 1 N–H and O–H groups in total. The second-order valence-corrected chi connectivity index (χ2v) is 5.15. The van der Waals surface area contributed by atoms with E-state index in [1.807, 2.05) is 0 Å². The van der Waals surface area contributed by atoms with Crippen molar-refractivity contribution in [2.75, 3.05) is 7.05 Å². The molecule has 0 bridgehead atoms. The lowest BCUT2D eigenvalue weighted by molar-refractivity contribution is 0.136. The average molecular weight is 169 g/mol. The molecule has 0 saturated heterocycles. The molecule has 0 spiro atoms. The van der Waals surface area contributed by atoms with E-state index in [0.717, 1.165) is 12.0 Å². The first-order chi connectivity index (χ1) is 5.55. The van der Waals surface area contributed by atoms with Gasteiger partial charge in [-0.1, -0.05) is 33.6 Å². The van der Waals surface area contributed by atoms with E-state index in [1.54, 1.807) is 0 Å². The second kappa shape index (κ2) is 3.78. The highest BCUT2D eigenvalue weighted by Crippen LogP contribution is 2.37. The lowest BCUT2D eigenvalue weighted by atomic mass is 9.69. The molecule has 2 atom stereocenters. The summed E-state index contributed by atoms with van der Waals surface area (Å²) in [6, 6.07) is 0.763. The van der Waals surface area contributed by atoms with Crippen LogP contribution in [0, 0.1) is 11.3 Å². The van der Waals surface area contributed by atoms with Gasteiger partial charge >= 0.3 is 0 Å². The van der Waals surface area contributed by atoms with Gasteiger partial charge in [-0.05, 0) is 31.2 Å². The van der Waals surface area contributed by atoms with Crippen molar-refractivity contribution in [3.8, 4) is 0 Å².